The lowest BCUT2D eigenvalue weighted by Crippen LogP contribution is -2.23. The van der Waals surface area contributed by atoms with Gasteiger partial charge in [0, 0.05) is 25.3 Å². The quantitative estimate of drug-likeness (QED) is 0.827. The van der Waals surface area contributed by atoms with Crippen molar-refractivity contribution >= 4 is 27.4 Å². The molecule has 0 saturated carbocycles. The van der Waals surface area contributed by atoms with Crippen LogP contribution in [0.2, 0.25) is 0 Å². The maximum Gasteiger partial charge on any atom is 0.258 e. The molecule has 0 saturated heterocycles. The molecule has 0 fully saturated rings. The summed E-state index contributed by atoms with van der Waals surface area (Å²) in [6.07, 6.45) is 0. The van der Waals surface area contributed by atoms with Crippen LogP contribution in [0.25, 0.3) is 0 Å². The summed E-state index contributed by atoms with van der Waals surface area (Å²) in [5.41, 5.74) is 0.288. The summed E-state index contributed by atoms with van der Waals surface area (Å²) in [6, 6.07) is 9.17. The largest absolute Gasteiger partial charge is 0.322 e. The average molecular weight is 364 g/mol. The second-order valence-electron chi connectivity index (χ2n) is 5.52. The summed E-state index contributed by atoms with van der Waals surface area (Å²) in [4.78, 5) is 23.5. The minimum absolute atomic E-state index is 0.179. The van der Waals surface area contributed by atoms with Crippen molar-refractivity contribution in [2.45, 2.75) is 11.8 Å². The van der Waals surface area contributed by atoms with Gasteiger partial charge < -0.3 is 5.32 Å². The number of sulfonamides is 1. The number of rotatable bonds is 5. The van der Waals surface area contributed by atoms with E-state index < -0.39 is 27.3 Å². The lowest BCUT2D eigenvalue weighted by atomic mass is 10.1. The molecule has 0 heterocycles. The van der Waals surface area contributed by atoms with Gasteiger partial charge in [-0.15, -0.1) is 0 Å². The first-order chi connectivity index (χ1) is 11.6. The topological polar surface area (TPSA) is 83.5 Å². The molecule has 2 rings (SSSR count). The van der Waals surface area contributed by atoms with Crippen molar-refractivity contribution in [1.82, 2.24) is 4.31 Å². The number of ketones is 1. The fraction of sp³-hybridized carbons (Fsp3) is 0.176. The van der Waals surface area contributed by atoms with Crippen LogP contribution in [0.4, 0.5) is 10.1 Å². The second kappa shape index (κ2) is 7.12. The van der Waals surface area contributed by atoms with E-state index in [0.29, 0.717) is 11.3 Å². The SMILES string of the molecule is CC(=O)c1cccc(NC(=O)c2cc(S(=O)(=O)N(C)C)ccc2F)c1. The minimum Gasteiger partial charge on any atom is -0.322 e. The predicted octanol–water partition coefficient (Wildman–Crippen LogP) is 2.53. The number of nitrogens with one attached hydrogen (secondary N) is 1. The molecule has 0 bridgehead atoms. The Bertz CT molecular complexity index is 939. The van der Waals surface area contributed by atoms with Crippen molar-refractivity contribution < 1.29 is 22.4 Å². The number of benzene rings is 2. The van der Waals surface area contributed by atoms with E-state index >= 15 is 0 Å². The molecule has 1 N–H and O–H groups in total. The van der Waals surface area contributed by atoms with Gasteiger partial charge in [-0.2, -0.15) is 0 Å². The lowest BCUT2D eigenvalue weighted by molar-refractivity contribution is 0.100. The standard InChI is InChI=1S/C17H17FN2O4S/c1-11(21)12-5-4-6-13(9-12)19-17(22)15-10-14(7-8-16(15)18)25(23,24)20(2)3/h4-10H,1-3H3,(H,19,22). The third kappa shape index (κ3) is 4.09. The fourth-order valence-electron chi connectivity index (χ4n) is 2.06. The molecule has 25 heavy (non-hydrogen) atoms. The summed E-state index contributed by atoms with van der Waals surface area (Å²) < 4.78 is 39.2. The molecule has 1 amide bonds. The van der Waals surface area contributed by atoms with Gasteiger partial charge >= 0.3 is 0 Å². The molecule has 0 aromatic heterocycles. The number of amides is 1. The molecule has 0 atom stereocenters. The van der Waals surface area contributed by atoms with Crippen molar-refractivity contribution in [2.75, 3.05) is 19.4 Å². The summed E-state index contributed by atoms with van der Waals surface area (Å²) in [6.45, 7) is 1.39. The van der Waals surface area contributed by atoms with E-state index in [4.69, 9.17) is 0 Å². The number of Topliss-reactive ketones (excluding diaryl/α,β-unsaturated/α-hetero) is 1. The highest BCUT2D eigenvalue weighted by Crippen LogP contribution is 2.19. The van der Waals surface area contributed by atoms with Crippen LogP contribution in [0.15, 0.2) is 47.4 Å². The summed E-state index contributed by atoms with van der Waals surface area (Å²) >= 11 is 0. The number of carbonyl (C=O) groups excluding carboxylic acids is 2. The molecule has 2 aromatic carbocycles. The Hall–Kier alpha value is -2.58. The van der Waals surface area contributed by atoms with E-state index in [0.717, 1.165) is 22.5 Å². The van der Waals surface area contributed by atoms with E-state index in [1.807, 2.05) is 0 Å². The van der Waals surface area contributed by atoms with Gasteiger partial charge in [0.05, 0.1) is 10.5 Å². The van der Waals surface area contributed by atoms with Crippen LogP contribution in [0.5, 0.6) is 0 Å². The Kier molecular flexibility index (Phi) is 5.34. The average Bonchev–Trinajstić information content (AvgIpc) is 2.55. The van der Waals surface area contributed by atoms with E-state index in [1.165, 1.54) is 27.1 Å². The molecule has 0 radical (unpaired) electrons. The number of halogens is 1. The van der Waals surface area contributed by atoms with Crippen LogP contribution in [0.3, 0.4) is 0 Å². The van der Waals surface area contributed by atoms with E-state index in [2.05, 4.69) is 5.32 Å². The third-order valence-corrected chi connectivity index (χ3v) is 5.30. The Morgan fingerprint density at radius 2 is 1.76 bits per heavy atom. The van der Waals surface area contributed by atoms with Crippen LogP contribution in [-0.2, 0) is 10.0 Å². The van der Waals surface area contributed by atoms with Crippen LogP contribution in [-0.4, -0.2) is 38.5 Å². The highest BCUT2D eigenvalue weighted by Gasteiger charge is 2.21. The minimum atomic E-state index is -3.80. The fourth-order valence-corrected chi connectivity index (χ4v) is 2.99. The van der Waals surface area contributed by atoms with Crippen LogP contribution < -0.4 is 5.32 Å². The summed E-state index contributed by atoms with van der Waals surface area (Å²) in [5.74, 6) is -1.84. The smallest absolute Gasteiger partial charge is 0.258 e. The van der Waals surface area contributed by atoms with Gasteiger partial charge in [-0.1, -0.05) is 12.1 Å². The normalized spacial score (nSPS) is 11.4. The highest BCUT2D eigenvalue weighted by atomic mass is 32.2. The number of hydrogen-bond donors (Lipinski definition) is 1. The van der Waals surface area contributed by atoms with Gasteiger partial charge in [-0.3, -0.25) is 9.59 Å². The Morgan fingerprint density at radius 3 is 2.36 bits per heavy atom. The van der Waals surface area contributed by atoms with Gasteiger partial charge in [-0.25, -0.2) is 17.1 Å². The number of nitrogens with zero attached hydrogens (tertiary/aromatic N) is 1. The van der Waals surface area contributed by atoms with Crippen molar-refractivity contribution in [2.24, 2.45) is 0 Å². The molecule has 0 aliphatic carbocycles. The van der Waals surface area contributed by atoms with Gasteiger partial charge in [-0.05, 0) is 37.3 Å². The molecule has 8 heteroatoms. The number of hydrogen-bond acceptors (Lipinski definition) is 4. The lowest BCUT2D eigenvalue weighted by Gasteiger charge is -2.13. The molecule has 0 aliphatic heterocycles. The Labute approximate surface area is 145 Å². The first-order valence-electron chi connectivity index (χ1n) is 7.27. The van der Waals surface area contributed by atoms with Gasteiger partial charge in [0.15, 0.2) is 5.78 Å². The van der Waals surface area contributed by atoms with Crippen LogP contribution in [0.1, 0.15) is 27.6 Å². The number of anilines is 1. The van der Waals surface area contributed by atoms with E-state index in [-0.39, 0.29) is 10.7 Å². The second-order valence-corrected chi connectivity index (χ2v) is 7.67. The molecular weight excluding hydrogens is 347 g/mol. The Balaban J connectivity index is 2.37. The molecule has 2 aromatic rings. The molecule has 0 spiro atoms. The molecular formula is C17H17FN2O4S. The zero-order valence-electron chi connectivity index (χ0n) is 13.9. The van der Waals surface area contributed by atoms with Crippen molar-refractivity contribution in [3.8, 4) is 0 Å². The first-order valence-corrected chi connectivity index (χ1v) is 8.71. The van der Waals surface area contributed by atoms with Crippen LogP contribution >= 0.6 is 0 Å². The molecule has 132 valence electrons. The van der Waals surface area contributed by atoms with Gasteiger partial charge in [0.1, 0.15) is 5.82 Å². The molecule has 0 unspecified atom stereocenters. The third-order valence-electron chi connectivity index (χ3n) is 3.49. The predicted molar refractivity (Wildman–Crippen MR) is 91.7 cm³/mol. The van der Waals surface area contributed by atoms with Crippen molar-refractivity contribution in [3.05, 3.63) is 59.4 Å². The van der Waals surface area contributed by atoms with E-state index in [1.54, 1.807) is 18.2 Å². The van der Waals surface area contributed by atoms with Gasteiger partial charge in [0.2, 0.25) is 10.0 Å². The Morgan fingerprint density at radius 1 is 1.08 bits per heavy atom. The first kappa shape index (κ1) is 18.8. The number of carbonyl (C=O) groups is 2. The van der Waals surface area contributed by atoms with Crippen LogP contribution in [0, 0.1) is 5.82 Å². The summed E-state index contributed by atoms with van der Waals surface area (Å²) in [5, 5.41) is 2.46. The zero-order chi connectivity index (χ0) is 18.8. The van der Waals surface area contributed by atoms with Gasteiger partial charge in [0.25, 0.3) is 5.91 Å². The maximum absolute atomic E-state index is 14.0. The summed E-state index contributed by atoms with van der Waals surface area (Å²) in [7, 11) is -1.12. The monoisotopic (exact) mass is 364 g/mol. The molecule has 0 aliphatic rings. The molecule has 6 nitrogen and oxygen atoms in total. The van der Waals surface area contributed by atoms with Crippen molar-refractivity contribution in [3.63, 3.8) is 0 Å². The highest BCUT2D eigenvalue weighted by molar-refractivity contribution is 7.89. The van der Waals surface area contributed by atoms with Crippen molar-refractivity contribution in [1.29, 1.82) is 0 Å². The zero-order valence-corrected chi connectivity index (χ0v) is 14.7. The van der Waals surface area contributed by atoms with E-state index in [9.17, 15) is 22.4 Å². The maximum atomic E-state index is 14.0.